The summed E-state index contributed by atoms with van der Waals surface area (Å²) in [6, 6.07) is 13.2. The van der Waals surface area contributed by atoms with Crippen molar-refractivity contribution in [3.8, 4) is 5.75 Å². The van der Waals surface area contributed by atoms with Gasteiger partial charge in [-0.1, -0.05) is 36.4 Å². The van der Waals surface area contributed by atoms with Gasteiger partial charge in [-0.3, -0.25) is 4.79 Å². The van der Waals surface area contributed by atoms with Crippen LogP contribution < -0.4 is 10.1 Å². The molecule has 0 unspecified atom stereocenters. The van der Waals surface area contributed by atoms with Gasteiger partial charge in [0, 0.05) is 12.6 Å². The lowest BCUT2D eigenvalue weighted by molar-refractivity contribution is -0.116. The number of carbonyl (C=O) groups is 1. The monoisotopic (exact) mass is 333 g/mol. The van der Waals surface area contributed by atoms with Crippen molar-refractivity contribution in [1.29, 1.82) is 0 Å². The summed E-state index contributed by atoms with van der Waals surface area (Å²) in [6.45, 7) is -2.64. The normalized spacial score (nSPS) is 11.0. The van der Waals surface area contributed by atoms with Crippen molar-refractivity contribution in [1.82, 2.24) is 5.32 Å². The lowest BCUT2D eigenvalue weighted by atomic mass is 10.1. The minimum atomic E-state index is -2.86. The lowest BCUT2D eigenvalue weighted by Crippen LogP contribution is -2.21. The van der Waals surface area contributed by atoms with E-state index in [4.69, 9.17) is 0 Å². The zero-order valence-corrected chi connectivity index (χ0v) is 12.8. The second-order valence-corrected chi connectivity index (χ2v) is 4.93. The molecule has 2 aromatic carbocycles. The van der Waals surface area contributed by atoms with Crippen LogP contribution in [0.2, 0.25) is 0 Å². The number of benzene rings is 2. The second kappa shape index (κ2) is 8.79. The first kappa shape index (κ1) is 17.6. The predicted molar refractivity (Wildman–Crippen MR) is 86.3 cm³/mol. The lowest BCUT2D eigenvalue weighted by Gasteiger charge is -2.07. The maximum atomic E-state index is 12.0. The quantitative estimate of drug-likeness (QED) is 0.766. The van der Waals surface area contributed by atoms with E-state index < -0.39 is 6.61 Å². The SMILES string of the molecule is O=C(/C=C/c1ccc(OC(F)F)cc1)NCc1ccccc1CO. The fourth-order valence-electron chi connectivity index (χ4n) is 2.06. The van der Waals surface area contributed by atoms with E-state index in [-0.39, 0.29) is 18.3 Å². The fraction of sp³-hybridized carbons (Fsp3) is 0.167. The third-order valence-corrected chi connectivity index (χ3v) is 3.27. The molecule has 0 radical (unpaired) electrons. The molecule has 0 heterocycles. The minimum Gasteiger partial charge on any atom is -0.435 e. The minimum absolute atomic E-state index is 0.0622. The van der Waals surface area contributed by atoms with Crippen LogP contribution in [0.25, 0.3) is 6.08 Å². The maximum Gasteiger partial charge on any atom is 0.387 e. The van der Waals surface area contributed by atoms with Crippen LogP contribution in [-0.2, 0) is 17.9 Å². The molecule has 1 amide bonds. The molecule has 0 aliphatic carbocycles. The number of amides is 1. The maximum absolute atomic E-state index is 12.0. The number of ether oxygens (including phenoxy) is 1. The second-order valence-electron chi connectivity index (χ2n) is 4.93. The van der Waals surface area contributed by atoms with E-state index in [9.17, 15) is 18.7 Å². The van der Waals surface area contributed by atoms with Crippen LogP contribution in [0.5, 0.6) is 5.75 Å². The van der Waals surface area contributed by atoms with E-state index in [1.807, 2.05) is 18.2 Å². The molecule has 0 aliphatic heterocycles. The number of hydrogen-bond acceptors (Lipinski definition) is 3. The van der Waals surface area contributed by atoms with Gasteiger partial charge < -0.3 is 15.2 Å². The molecule has 6 heteroatoms. The molecular formula is C18H17F2NO3. The topological polar surface area (TPSA) is 58.6 Å². The highest BCUT2D eigenvalue weighted by Crippen LogP contribution is 2.15. The highest BCUT2D eigenvalue weighted by atomic mass is 19.3. The number of nitrogens with one attached hydrogen (secondary N) is 1. The van der Waals surface area contributed by atoms with Crippen LogP contribution in [0, 0.1) is 0 Å². The molecule has 0 spiro atoms. The Morgan fingerprint density at radius 2 is 1.79 bits per heavy atom. The van der Waals surface area contributed by atoms with Crippen molar-refractivity contribution in [3.05, 3.63) is 71.3 Å². The van der Waals surface area contributed by atoms with Crippen molar-refractivity contribution in [2.75, 3.05) is 0 Å². The van der Waals surface area contributed by atoms with Crippen molar-refractivity contribution < 1.29 is 23.4 Å². The number of alkyl halides is 2. The van der Waals surface area contributed by atoms with Crippen LogP contribution in [0.1, 0.15) is 16.7 Å². The first-order valence-electron chi connectivity index (χ1n) is 7.27. The van der Waals surface area contributed by atoms with Crippen LogP contribution >= 0.6 is 0 Å². The molecule has 0 saturated carbocycles. The summed E-state index contributed by atoms with van der Waals surface area (Å²) < 4.78 is 28.3. The zero-order valence-electron chi connectivity index (χ0n) is 12.8. The van der Waals surface area contributed by atoms with E-state index >= 15 is 0 Å². The molecule has 24 heavy (non-hydrogen) atoms. The van der Waals surface area contributed by atoms with Gasteiger partial charge in [-0.25, -0.2) is 0 Å². The average Bonchev–Trinajstić information content (AvgIpc) is 2.59. The number of aliphatic hydroxyl groups is 1. The third-order valence-electron chi connectivity index (χ3n) is 3.27. The highest BCUT2D eigenvalue weighted by Gasteiger charge is 2.04. The smallest absolute Gasteiger partial charge is 0.387 e. The summed E-state index contributed by atoms with van der Waals surface area (Å²) in [4.78, 5) is 11.8. The first-order valence-corrected chi connectivity index (χ1v) is 7.27. The molecule has 2 rings (SSSR count). The molecule has 0 aliphatic rings. The van der Waals surface area contributed by atoms with E-state index in [0.29, 0.717) is 12.1 Å². The van der Waals surface area contributed by atoms with Gasteiger partial charge in [0.2, 0.25) is 5.91 Å². The molecule has 0 saturated heterocycles. The van der Waals surface area contributed by atoms with E-state index in [0.717, 1.165) is 11.1 Å². The molecule has 0 atom stereocenters. The average molecular weight is 333 g/mol. The number of aliphatic hydroxyl groups excluding tert-OH is 1. The summed E-state index contributed by atoms with van der Waals surface area (Å²) in [6.07, 6.45) is 2.92. The summed E-state index contributed by atoms with van der Waals surface area (Å²) in [5, 5.41) is 11.9. The summed E-state index contributed by atoms with van der Waals surface area (Å²) in [5.74, 6) is -0.233. The van der Waals surface area contributed by atoms with E-state index in [1.165, 1.54) is 18.2 Å². The molecule has 2 aromatic rings. The van der Waals surface area contributed by atoms with Crippen molar-refractivity contribution in [2.24, 2.45) is 0 Å². The van der Waals surface area contributed by atoms with Gasteiger partial charge >= 0.3 is 6.61 Å². The Kier molecular flexibility index (Phi) is 6.45. The van der Waals surface area contributed by atoms with Gasteiger partial charge in [0.25, 0.3) is 0 Å². The molecule has 126 valence electrons. The highest BCUT2D eigenvalue weighted by molar-refractivity contribution is 5.91. The number of hydrogen-bond donors (Lipinski definition) is 2. The van der Waals surface area contributed by atoms with Crippen LogP contribution in [-0.4, -0.2) is 17.6 Å². The Hall–Kier alpha value is -2.73. The van der Waals surface area contributed by atoms with Crippen molar-refractivity contribution in [2.45, 2.75) is 19.8 Å². The van der Waals surface area contributed by atoms with Crippen LogP contribution in [0.3, 0.4) is 0 Å². The zero-order chi connectivity index (χ0) is 17.4. The summed E-state index contributed by atoms with van der Waals surface area (Å²) in [7, 11) is 0. The van der Waals surface area contributed by atoms with Gasteiger partial charge in [0.1, 0.15) is 5.75 Å². The molecule has 0 aromatic heterocycles. The van der Waals surface area contributed by atoms with Gasteiger partial charge in [-0.15, -0.1) is 0 Å². The standard InChI is InChI=1S/C18H17F2NO3/c19-18(20)24-16-8-5-13(6-9-16)7-10-17(23)21-11-14-3-1-2-4-15(14)12-22/h1-10,18,22H,11-12H2,(H,21,23)/b10-7+. The number of halogens is 2. The van der Waals surface area contributed by atoms with Gasteiger partial charge in [-0.05, 0) is 34.9 Å². The molecule has 0 fully saturated rings. The van der Waals surface area contributed by atoms with Crippen molar-refractivity contribution in [3.63, 3.8) is 0 Å². The summed E-state index contributed by atoms with van der Waals surface area (Å²) >= 11 is 0. The Bertz CT molecular complexity index is 700. The van der Waals surface area contributed by atoms with Crippen LogP contribution in [0.15, 0.2) is 54.6 Å². The Labute approximate surface area is 138 Å². The van der Waals surface area contributed by atoms with Gasteiger partial charge in [-0.2, -0.15) is 8.78 Å². The molecule has 0 bridgehead atoms. The van der Waals surface area contributed by atoms with Gasteiger partial charge in [0.05, 0.1) is 6.61 Å². The molecular weight excluding hydrogens is 316 g/mol. The number of carbonyl (C=O) groups excluding carboxylic acids is 1. The van der Waals surface area contributed by atoms with Crippen molar-refractivity contribution >= 4 is 12.0 Å². The van der Waals surface area contributed by atoms with E-state index in [2.05, 4.69) is 10.1 Å². The molecule has 4 nitrogen and oxygen atoms in total. The predicted octanol–water partition coefficient (Wildman–Crippen LogP) is 3.11. The number of rotatable bonds is 7. The third kappa shape index (κ3) is 5.48. The Balaban J connectivity index is 1.88. The first-order chi connectivity index (χ1) is 11.6. The Morgan fingerprint density at radius 1 is 1.12 bits per heavy atom. The van der Waals surface area contributed by atoms with Crippen LogP contribution in [0.4, 0.5) is 8.78 Å². The Morgan fingerprint density at radius 3 is 2.42 bits per heavy atom. The molecule has 2 N–H and O–H groups in total. The van der Waals surface area contributed by atoms with Gasteiger partial charge in [0.15, 0.2) is 0 Å². The summed E-state index contributed by atoms with van der Waals surface area (Å²) in [5.41, 5.74) is 2.29. The largest absolute Gasteiger partial charge is 0.435 e. The van der Waals surface area contributed by atoms with E-state index in [1.54, 1.807) is 24.3 Å². The fourth-order valence-corrected chi connectivity index (χ4v) is 2.06.